The van der Waals surface area contributed by atoms with Crippen LogP contribution in [0.3, 0.4) is 0 Å². The lowest BCUT2D eigenvalue weighted by Crippen LogP contribution is -2.32. The van der Waals surface area contributed by atoms with E-state index in [9.17, 15) is 13.2 Å². The number of rotatable bonds is 8. The van der Waals surface area contributed by atoms with Gasteiger partial charge in [-0.25, -0.2) is 13.4 Å². The molecule has 0 radical (unpaired) electrons. The minimum Gasteiger partial charge on any atom is -0.496 e. The van der Waals surface area contributed by atoms with E-state index in [1.165, 1.54) is 29.6 Å². The lowest BCUT2D eigenvalue weighted by atomic mass is 10.2. The molecule has 1 amide bonds. The van der Waals surface area contributed by atoms with Crippen LogP contribution in [0.25, 0.3) is 0 Å². The fraction of sp³-hybridized carbons (Fsp3) is 0.478. The van der Waals surface area contributed by atoms with Crippen LogP contribution in [0.2, 0.25) is 0 Å². The summed E-state index contributed by atoms with van der Waals surface area (Å²) in [5.41, 5.74) is 0.685. The van der Waals surface area contributed by atoms with Crippen molar-refractivity contribution in [2.45, 2.75) is 44.4 Å². The van der Waals surface area contributed by atoms with Gasteiger partial charge in [-0.1, -0.05) is 12.8 Å². The topological polar surface area (TPSA) is 91.8 Å². The van der Waals surface area contributed by atoms with E-state index in [0.717, 1.165) is 44.6 Å². The molecule has 0 unspecified atom stereocenters. The third kappa shape index (κ3) is 5.39. The number of carbonyl (C=O) groups is 1. The molecule has 0 saturated carbocycles. The maximum Gasteiger partial charge on any atom is 0.259 e. The number of benzene rings is 1. The van der Waals surface area contributed by atoms with Gasteiger partial charge >= 0.3 is 0 Å². The Balaban J connectivity index is 1.84. The predicted molar refractivity (Wildman–Crippen MR) is 126 cm³/mol. The van der Waals surface area contributed by atoms with Crippen LogP contribution in [0, 0.1) is 0 Å². The Morgan fingerprint density at radius 3 is 2.34 bits per heavy atom. The monoisotopic (exact) mass is 460 g/mol. The van der Waals surface area contributed by atoms with E-state index >= 15 is 0 Å². The number of carbonyl (C=O) groups excluding carboxylic acids is 1. The Bertz CT molecular complexity index is 1010. The fourth-order valence-corrected chi connectivity index (χ4v) is 5.39. The molecule has 0 bridgehead atoms. The molecule has 1 aliphatic heterocycles. The number of nitrogens with one attached hydrogen (secondary N) is 1. The van der Waals surface area contributed by atoms with Gasteiger partial charge in [-0.3, -0.25) is 4.79 Å². The Kier molecular flexibility index (Phi) is 8.09. The molecule has 3 rings (SSSR count). The highest BCUT2D eigenvalue weighted by Gasteiger charge is 2.27. The van der Waals surface area contributed by atoms with Gasteiger partial charge in [0.2, 0.25) is 10.0 Å². The number of aromatic nitrogens is 1. The molecule has 0 atom stereocenters. The standard InChI is InChI=1S/C23H32N4O4S/c1-4-26(5-2)22-13-10-18(17-24-22)25-23(28)20-16-19(11-12-21(20)31-3)32(29,30)27-14-8-6-7-9-15-27/h10-13,16-17H,4-9,14-15H2,1-3H3,(H,25,28). The van der Waals surface area contributed by atoms with Crippen molar-refractivity contribution in [3.05, 3.63) is 42.1 Å². The first-order valence-corrected chi connectivity index (χ1v) is 12.5. The zero-order chi connectivity index (χ0) is 23.1. The summed E-state index contributed by atoms with van der Waals surface area (Å²) in [5, 5.41) is 2.79. The molecule has 1 aromatic heterocycles. The summed E-state index contributed by atoms with van der Waals surface area (Å²) in [7, 11) is -2.23. The summed E-state index contributed by atoms with van der Waals surface area (Å²) >= 11 is 0. The highest BCUT2D eigenvalue weighted by Crippen LogP contribution is 2.27. The minimum absolute atomic E-state index is 0.0976. The van der Waals surface area contributed by atoms with Gasteiger partial charge in [0.05, 0.1) is 29.5 Å². The third-order valence-corrected chi connectivity index (χ3v) is 7.61. The van der Waals surface area contributed by atoms with Crippen LogP contribution in [0.1, 0.15) is 49.9 Å². The maximum atomic E-state index is 13.2. The lowest BCUT2D eigenvalue weighted by molar-refractivity contribution is 0.102. The van der Waals surface area contributed by atoms with E-state index in [4.69, 9.17) is 4.74 Å². The summed E-state index contributed by atoms with van der Waals surface area (Å²) in [6.07, 6.45) is 5.35. The van der Waals surface area contributed by atoms with E-state index in [1.54, 1.807) is 12.3 Å². The molecule has 32 heavy (non-hydrogen) atoms. The van der Waals surface area contributed by atoms with E-state index in [2.05, 4.69) is 29.0 Å². The number of amides is 1. The first-order chi connectivity index (χ1) is 15.4. The van der Waals surface area contributed by atoms with Crippen molar-refractivity contribution in [2.24, 2.45) is 0 Å². The van der Waals surface area contributed by atoms with Gasteiger partial charge in [0, 0.05) is 26.2 Å². The molecule has 2 aromatic rings. The van der Waals surface area contributed by atoms with Gasteiger partial charge in [-0.2, -0.15) is 4.31 Å². The van der Waals surface area contributed by atoms with Crippen molar-refractivity contribution in [3.63, 3.8) is 0 Å². The van der Waals surface area contributed by atoms with Gasteiger partial charge in [-0.05, 0) is 57.0 Å². The summed E-state index contributed by atoms with van der Waals surface area (Å²) in [5.74, 6) is 0.688. The number of ether oxygens (including phenoxy) is 1. The summed E-state index contributed by atoms with van der Waals surface area (Å²) in [6, 6.07) is 8.05. The van der Waals surface area contributed by atoms with Crippen molar-refractivity contribution in [3.8, 4) is 5.75 Å². The molecule has 1 saturated heterocycles. The first kappa shape index (κ1) is 24.0. The number of nitrogens with zero attached hydrogens (tertiary/aromatic N) is 3. The molecule has 174 valence electrons. The van der Waals surface area contributed by atoms with Crippen LogP contribution < -0.4 is 15.0 Å². The van der Waals surface area contributed by atoms with Crippen molar-refractivity contribution >= 4 is 27.4 Å². The van der Waals surface area contributed by atoms with E-state index in [1.807, 2.05) is 6.07 Å². The van der Waals surface area contributed by atoms with E-state index < -0.39 is 15.9 Å². The number of hydrogen-bond donors (Lipinski definition) is 1. The largest absolute Gasteiger partial charge is 0.496 e. The van der Waals surface area contributed by atoms with Crippen molar-refractivity contribution in [1.29, 1.82) is 0 Å². The second-order valence-corrected chi connectivity index (χ2v) is 9.65. The molecular formula is C23H32N4O4S. The Morgan fingerprint density at radius 2 is 1.78 bits per heavy atom. The second-order valence-electron chi connectivity index (χ2n) is 7.71. The fourth-order valence-electron chi connectivity index (χ4n) is 3.85. The Morgan fingerprint density at radius 1 is 1.09 bits per heavy atom. The molecule has 1 fully saturated rings. The predicted octanol–water partition coefficient (Wildman–Crippen LogP) is 3.75. The Hall–Kier alpha value is -2.65. The highest BCUT2D eigenvalue weighted by atomic mass is 32.2. The summed E-state index contributed by atoms with van der Waals surface area (Å²) in [4.78, 5) is 19.6. The van der Waals surface area contributed by atoms with Crippen LogP contribution in [-0.2, 0) is 10.0 Å². The van der Waals surface area contributed by atoms with Gasteiger partial charge in [0.15, 0.2) is 0 Å². The summed E-state index contributed by atoms with van der Waals surface area (Å²) in [6.45, 7) is 6.79. The minimum atomic E-state index is -3.68. The average Bonchev–Trinajstić information content (AvgIpc) is 3.11. The van der Waals surface area contributed by atoms with Gasteiger partial charge < -0.3 is 15.0 Å². The molecule has 2 heterocycles. The number of pyridine rings is 1. The first-order valence-electron chi connectivity index (χ1n) is 11.1. The van der Waals surface area contributed by atoms with E-state index in [0.29, 0.717) is 24.5 Å². The van der Waals surface area contributed by atoms with Crippen LogP contribution in [-0.4, -0.2) is 56.9 Å². The zero-order valence-corrected chi connectivity index (χ0v) is 19.8. The maximum absolute atomic E-state index is 13.2. The molecular weight excluding hydrogens is 428 g/mol. The number of hydrogen-bond acceptors (Lipinski definition) is 6. The third-order valence-electron chi connectivity index (χ3n) is 5.71. The van der Waals surface area contributed by atoms with E-state index in [-0.39, 0.29) is 10.5 Å². The molecule has 1 aliphatic rings. The molecule has 1 N–H and O–H groups in total. The molecule has 0 spiro atoms. The zero-order valence-electron chi connectivity index (χ0n) is 19.0. The van der Waals surface area contributed by atoms with Gasteiger partial charge in [0.25, 0.3) is 5.91 Å². The quantitative estimate of drug-likeness (QED) is 0.645. The van der Waals surface area contributed by atoms with Crippen LogP contribution in [0.5, 0.6) is 5.75 Å². The van der Waals surface area contributed by atoms with Gasteiger partial charge in [0.1, 0.15) is 11.6 Å². The SMILES string of the molecule is CCN(CC)c1ccc(NC(=O)c2cc(S(=O)(=O)N3CCCCCC3)ccc2OC)cn1. The smallest absolute Gasteiger partial charge is 0.259 e. The molecule has 8 nitrogen and oxygen atoms in total. The Labute approximate surface area is 190 Å². The normalized spacial score (nSPS) is 15.1. The lowest BCUT2D eigenvalue weighted by Gasteiger charge is -2.21. The number of anilines is 2. The second kappa shape index (κ2) is 10.8. The molecule has 1 aromatic carbocycles. The highest BCUT2D eigenvalue weighted by molar-refractivity contribution is 7.89. The van der Waals surface area contributed by atoms with Crippen molar-refractivity contribution in [1.82, 2.24) is 9.29 Å². The number of sulfonamides is 1. The van der Waals surface area contributed by atoms with Gasteiger partial charge in [-0.15, -0.1) is 0 Å². The number of methoxy groups -OCH3 is 1. The molecule has 9 heteroatoms. The van der Waals surface area contributed by atoms with Crippen LogP contribution >= 0.6 is 0 Å². The van der Waals surface area contributed by atoms with Crippen LogP contribution in [0.4, 0.5) is 11.5 Å². The average molecular weight is 461 g/mol. The molecule has 0 aliphatic carbocycles. The van der Waals surface area contributed by atoms with Crippen molar-refractivity contribution in [2.75, 3.05) is 43.5 Å². The summed E-state index contributed by atoms with van der Waals surface area (Å²) < 4.78 is 33.2. The van der Waals surface area contributed by atoms with Crippen LogP contribution in [0.15, 0.2) is 41.4 Å². The van der Waals surface area contributed by atoms with Crippen molar-refractivity contribution < 1.29 is 17.9 Å².